The summed E-state index contributed by atoms with van der Waals surface area (Å²) in [7, 11) is 0. The van der Waals surface area contributed by atoms with Crippen molar-refractivity contribution >= 4 is 23.2 Å². The molecule has 3 N–H and O–H groups in total. The summed E-state index contributed by atoms with van der Waals surface area (Å²) >= 11 is 5.83. The van der Waals surface area contributed by atoms with E-state index in [9.17, 15) is 4.79 Å². The van der Waals surface area contributed by atoms with Crippen molar-refractivity contribution in [3.8, 4) is 11.8 Å². The zero-order chi connectivity index (χ0) is 15.2. The van der Waals surface area contributed by atoms with Crippen LogP contribution in [-0.2, 0) is 0 Å². The van der Waals surface area contributed by atoms with E-state index in [-0.39, 0.29) is 12.5 Å². The Balaban J connectivity index is 2.29. The first-order valence-corrected chi connectivity index (χ1v) is 6.84. The molecule has 0 saturated carbocycles. The van der Waals surface area contributed by atoms with Crippen LogP contribution in [0.25, 0.3) is 0 Å². The Labute approximate surface area is 129 Å². The molecule has 0 unspecified atom stereocenters. The Kier molecular flexibility index (Phi) is 4.99. The molecule has 0 aromatic heterocycles. The zero-order valence-corrected chi connectivity index (χ0v) is 12.4. The molecule has 0 heterocycles. The third-order valence-corrected chi connectivity index (χ3v) is 3.10. The fraction of sp³-hybridized carbons (Fsp3) is 0.118. The largest absolute Gasteiger partial charge is 0.322 e. The van der Waals surface area contributed by atoms with Gasteiger partial charge in [-0.25, -0.2) is 0 Å². The predicted octanol–water partition coefficient (Wildman–Crippen LogP) is 3.21. The van der Waals surface area contributed by atoms with Crippen LogP contribution in [0.3, 0.4) is 0 Å². The standard InChI is InChI=1S/C17H15ClN2O/c1-12-4-5-13(3-2-10-19)16(11-12)17(21)20-15-8-6-14(18)7-9-15/h4-9,11H,10,19H2,1H3,(H,20,21). The summed E-state index contributed by atoms with van der Waals surface area (Å²) in [5.74, 6) is 5.48. The molecular weight excluding hydrogens is 284 g/mol. The topological polar surface area (TPSA) is 55.1 Å². The lowest BCUT2D eigenvalue weighted by Crippen LogP contribution is -2.13. The first-order valence-electron chi connectivity index (χ1n) is 6.46. The first-order chi connectivity index (χ1) is 10.1. The smallest absolute Gasteiger partial charge is 0.256 e. The molecule has 0 saturated heterocycles. The maximum absolute atomic E-state index is 12.4. The Hall–Kier alpha value is -2.28. The molecule has 0 aliphatic carbocycles. The summed E-state index contributed by atoms with van der Waals surface area (Å²) in [6.07, 6.45) is 0. The molecule has 2 aromatic rings. The number of carbonyl (C=O) groups excluding carboxylic acids is 1. The lowest BCUT2D eigenvalue weighted by molar-refractivity contribution is 0.102. The van der Waals surface area contributed by atoms with Crippen LogP contribution in [0.4, 0.5) is 5.69 Å². The van der Waals surface area contributed by atoms with Gasteiger partial charge in [-0.15, -0.1) is 0 Å². The second kappa shape index (κ2) is 6.94. The van der Waals surface area contributed by atoms with E-state index in [2.05, 4.69) is 17.2 Å². The highest BCUT2D eigenvalue weighted by atomic mass is 35.5. The maximum Gasteiger partial charge on any atom is 0.256 e. The fourth-order valence-electron chi connectivity index (χ4n) is 1.83. The summed E-state index contributed by atoms with van der Waals surface area (Å²) < 4.78 is 0. The van der Waals surface area contributed by atoms with Gasteiger partial charge in [0.05, 0.1) is 12.1 Å². The van der Waals surface area contributed by atoms with Gasteiger partial charge >= 0.3 is 0 Å². The molecule has 4 heteroatoms. The van der Waals surface area contributed by atoms with Crippen molar-refractivity contribution in [1.29, 1.82) is 0 Å². The number of amides is 1. The highest BCUT2D eigenvalue weighted by Gasteiger charge is 2.11. The Morgan fingerprint density at radius 1 is 1.24 bits per heavy atom. The number of benzene rings is 2. The summed E-state index contributed by atoms with van der Waals surface area (Å²) in [5.41, 5.74) is 8.26. The van der Waals surface area contributed by atoms with Gasteiger partial charge in [0.15, 0.2) is 0 Å². The molecule has 0 fully saturated rings. The molecule has 0 atom stereocenters. The summed E-state index contributed by atoms with van der Waals surface area (Å²) in [6, 6.07) is 12.5. The van der Waals surface area contributed by atoms with Crippen LogP contribution in [-0.4, -0.2) is 12.5 Å². The van der Waals surface area contributed by atoms with Crippen molar-refractivity contribution in [2.24, 2.45) is 5.73 Å². The third kappa shape index (κ3) is 4.09. The fourth-order valence-corrected chi connectivity index (χ4v) is 1.96. The number of carbonyl (C=O) groups is 1. The summed E-state index contributed by atoms with van der Waals surface area (Å²) in [6.45, 7) is 2.19. The maximum atomic E-state index is 12.4. The number of anilines is 1. The van der Waals surface area contributed by atoms with Crippen LogP contribution in [0.5, 0.6) is 0 Å². The minimum absolute atomic E-state index is 0.206. The van der Waals surface area contributed by atoms with Crippen molar-refractivity contribution in [1.82, 2.24) is 0 Å². The van der Waals surface area contributed by atoms with E-state index >= 15 is 0 Å². The molecule has 2 rings (SSSR count). The molecule has 0 spiro atoms. The number of halogens is 1. The molecule has 1 amide bonds. The van der Waals surface area contributed by atoms with Gasteiger partial charge in [0.1, 0.15) is 0 Å². The van der Waals surface area contributed by atoms with Gasteiger partial charge in [0.2, 0.25) is 0 Å². The molecule has 0 radical (unpaired) electrons. The highest BCUT2D eigenvalue weighted by Crippen LogP contribution is 2.16. The van der Waals surface area contributed by atoms with Crippen LogP contribution in [0.15, 0.2) is 42.5 Å². The van der Waals surface area contributed by atoms with E-state index in [1.54, 1.807) is 24.3 Å². The average Bonchev–Trinajstić information content (AvgIpc) is 2.48. The molecule has 0 aliphatic rings. The van der Waals surface area contributed by atoms with Gasteiger partial charge in [-0.05, 0) is 43.3 Å². The molecule has 3 nitrogen and oxygen atoms in total. The van der Waals surface area contributed by atoms with Crippen molar-refractivity contribution < 1.29 is 4.79 Å². The van der Waals surface area contributed by atoms with Crippen molar-refractivity contribution in [3.63, 3.8) is 0 Å². The number of hydrogen-bond acceptors (Lipinski definition) is 2. The number of nitrogens with two attached hydrogens (primary N) is 1. The number of rotatable bonds is 2. The van der Waals surface area contributed by atoms with E-state index in [4.69, 9.17) is 17.3 Å². The highest BCUT2D eigenvalue weighted by molar-refractivity contribution is 6.30. The van der Waals surface area contributed by atoms with Crippen LogP contribution >= 0.6 is 11.6 Å². The lowest BCUT2D eigenvalue weighted by Gasteiger charge is -2.08. The van der Waals surface area contributed by atoms with Gasteiger partial charge in [-0.2, -0.15) is 0 Å². The van der Waals surface area contributed by atoms with Crippen LogP contribution in [0, 0.1) is 18.8 Å². The van der Waals surface area contributed by atoms with E-state index in [0.29, 0.717) is 21.8 Å². The third-order valence-electron chi connectivity index (χ3n) is 2.85. The summed E-state index contributed by atoms with van der Waals surface area (Å²) in [4.78, 5) is 12.4. The zero-order valence-electron chi connectivity index (χ0n) is 11.6. The number of aryl methyl sites for hydroxylation is 1. The van der Waals surface area contributed by atoms with Crippen LogP contribution in [0.1, 0.15) is 21.5 Å². The molecule has 0 bridgehead atoms. The minimum atomic E-state index is -0.206. The van der Waals surface area contributed by atoms with Gasteiger partial charge in [0, 0.05) is 16.3 Å². The van der Waals surface area contributed by atoms with Crippen LogP contribution < -0.4 is 11.1 Å². The van der Waals surface area contributed by atoms with Gasteiger partial charge < -0.3 is 11.1 Å². The predicted molar refractivity (Wildman–Crippen MR) is 86.5 cm³/mol. The van der Waals surface area contributed by atoms with Gasteiger partial charge in [-0.1, -0.05) is 35.1 Å². The monoisotopic (exact) mass is 298 g/mol. The number of nitrogens with one attached hydrogen (secondary N) is 1. The van der Waals surface area contributed by atoms with E-state index in [1.165, 1.54) is 0 Å². The van der Waals surface area contributed by atoms with Gasteiger partial charge in [0.25, 0.3) is 5.91 Å². The van der Waals surface area contributed by atoms with Crippen molar-refractivity contribution in [3.05, 3.63) is 64.2 Å². The molecule has 2 aromatic carbocycles. The van der Waals surface area contributed by atoms with E-state index < -0.39 is 0 Å². The van der Waals surface area contributed by atoms with Crippen molar-refractivity contribution in [2.45, 2.75) is 6.92 Å². The average molecular weight is 299 g/mol. The molecule has 106 valence electrons. The minimum Gasteiger partial charge on any atom is -0.322 e. The molecule has 0 aliphatic heterocycles. The van der Waals surface area contributed by atoms with Crippen LogP contribution in [0.2, 0.25) is 5.02 Å². The van der Waals surface area contributed by atoms with E-state index in [0.717, 1.165) is 5.56 Å². The van der Waals surface area contributed by atoms with Crippen molar-refractivity contribution in [2.75, 3.05) is 11.9 Å². The Morgan fingerprint density at radius 2 is 1.95 bits per heavy atom. The number of hydrogen-bond donors (Lipinski definition) is 2. The summed E-state index contributed by atoms with van der Waals surface area (Å²) in [5, 5.41) is 3.46. The second-order valence-electron chi connectivity index (χ2n) is 4.52. The molecule has 21 heavy (non-hydrogen) atoms. The first kappa shape index (κ1) is 15.1. The second-order valence-corrected chi connectivity index (χ2v) is 4.95. The SMILES string of the molecule is Cc1ccc(C#CCN)c(C(=O)Nc2ccc(Cl)cc2)c1. The Morgan fingerprint density at radius 3 is 2.62 bits per heavy atom. The Bertz CT molecular complexity index is 712. The normalized spacial score (nSPS) is 9.67. The molecular formula is C17H15ClN2O. The lowest BCUT2D eigenvalue weighted by atomic mass is 10.0. The quantitative estimate of drug-likeness (QED) is 0.837. The van der Waals surface area contributed by atoms with E-state index in [1.807, 2.05) is 25.1 Å². The van der Waals surface area contributed by atoms with Gasteiger partial charge in [-0.3, -0.25) is 4.79 Å².